The van der Waals surface area contributed by atoms with Crippen LogP contribution in [0.15, 0.2) is 21.7 Å². The molecule has 2 rings (SSSR count). The third kappa shape index (κ3) is 14.2. The van der Waals surface area contributed by atoms with Crippen LogP contribution < -0.4 is 38.5 Å². The quantitative estimate of drug-likeness (QED) is 0.0320. The Kier molecular flexibility index (Phi) is 17.0. The second-order valence-corrected chi connectivity index (χ2v) is 11.9. The fourth-order valence-electron chi connectivity index (χ4n) is 5.06. The van der Waals surface area contributed by atoms with Crippen molar-refractivity contribution in [3.8, 4) is 18.4 Å². The van der Waals surface area contributed by atoms with Crippen molar-refractivity contribution in [2.75, 3.05) is 19.6 Å². The van der Waals surface area contributed by atoms with Crippen LogP contribution in [0.3, 0.4) is 0 Å². The number of nitrogens with one attached hydrogen (secondary N) is 4. The number of unbranched alkanes of at least 4 members (excludes halogenated alkanes) is 1. The number of likely N-dealkylation sites (tertiary alicyclic amines) is 1. The van der Waals surface area contributed by atoms with Gasteiger partial charge >= 0.3 is 5.97 Å². The molecule has 1 aromatic rings. The number of carboxylic acids is 1. The summed E-state index contributed by atoms with van der Waals surface area (Å²) in [5.74, 6) is -6.08. The van der Waals surface area contributed by atoms with Gasteiger partial charge in [-0.05, 0) is 44.7 Å². The Balaban J connectivity index is 2.03. The third-order valence-corrected chi connectivity index (χ3v) is 7.76. The van der Waals surface area contributed by atoms with Gasteiger partial charge in [0.25, 0.3) is 11.8 Å². The average Bonchev–Trinajstić information content (AvgIpc) is 3.70. The fourth-order valence-corrected chi connectivity index (χ4v) is 5.06. The maximum absolute atomic E-state index is 13.6. The van der Waals surface area contributed by atoms with Crippen LogP contribution in [0.25, 0.3) is 0 Å². The van der Waals surface area contributed by atoms with E-state index in [1.165, 1.54) is 6.07 Å². The van der Waals surface area contributed by atoms with Gasteiger partial charge in [0.2, 0.25) is 23.6 Å². The molecule has 284 valence electrons. The van der Waals surface area contributed by atoms with E-state index in [4.69, 9.17) is 33.3 Å². The molecule has 1 aliphatic rings. The summed E-state index contributed by atoms with van der Waals surface area (Å²) >= 11 is 0. The minimum Gasteiger partial charge on any atom is -0.480 e. The number of guanidine groups is 1. The molecule has 1 aliphatic heterocycles. The fraction of sp³-hybridized carbons (Fsp3) is 0.562. The smallest absolute Gasteiger partial charge is 0.326 e. The van der Waals surface area contributed by atoms with E-state index in [-0.39, 0.29) is 62.5 Å². The van der Waals surface area contributed by atoms with E-state index in [1.54, 1.807) is 6.07 Å². The monoisotopic (exact) mass is 734 g/mol. The van der Waals surface area contributed by atoms with E-state index >= 15 is 0 Å². The molecule has 0 saturated carbocycles. The summed E-state index contributed by atoms with van der Waals surface area (Å²) in [6, 6.07) is -2.17. The number of carboxylic acid groups (broad SMARTS) is 1. The molecule has 1 fully saturated rings. The van der Waals surface area contributed by atoms with E-state index in [2.05, 4.69) is 32.2 Å². The molecule has 52 heavy (non-hydrogen) atoms. The van der Waals surface area contributed by atoms with Gasteiger partial charge in [0, 0.05) is 32.2 Å². The summed E-state index contributed by atoms with van der Waals surface area (Å²) in [6.07, 6.45) is 5.93. The number of carbonyl (C=O) groups excluding carboxylic acids is 5. The van der Waals surface area contributed by atoms with E-state index in [0.29, 0.717) is 19.4 Å². The minimum absolute atomic E-state index is 0.000738. The highest BCUT2D eigenvalue weighted by molar-refractivity contribution is 5.98. The lowest BCUT2D eigenvalue weighted by Gasteiger charge is -2.23. The first-order valence-electron chi connectivity index (χ1n) is 16.3. The first-order valence-corrected chi connectivity index (χ1v) is 16.3. The molecule has 11 N–H and O–H groups in total. The maximum atomic E-state index is 13.6. The molecular weight excluding hydrogens is 690 g/mol. The highest BCUT2D eigenvalue weighted by atomic mass is 19.3. The van der Waals surface area contributed by atoms with Crippen LogP contribution in [0.1, 0.15) is 73.9 Å². The molecule has 0 aromatic carbocycles. The lowest BCUT2D eigenvalue weighted by atomic mass is 10.1. The summed E-state index contributed by atoms with van der Waals surface area (Å²) < 4.78 is 32.6. The molecule has 18 nitrogen and oxygen atoms in total. The number of hydrogen-bond acceptors (Lipinski definition) is 10. The lowest BCUT2D eigenvalue weighted by molar-refractivity contribution is -0.142. The summed E-state index contributed by atoms with van der Waals surface area (Å²) in [4.78, 5) is 80.4. The number of alkyl halides is 2. The number of carbonyl (C=O) groups is 6. The van der Waals surface area contributed by atoms with Crippen molar-refractivity contribution in [1.82, 2.24) is 26.2 Å². The second kappa shape index (κ2) is 20.8. The topological polar surface area (TPSA) is 301 Å². The van der Waals surface area contributed by atoms with Gasteiger partial charge in [0.1, 0.15) is 36.2 Å². The number of nitrogens with zero attached hydrogens (tertiary/aromatic N) is 3. The number of halogens is 2. The number of amides is 5. The summed E-state index contributed by atoms with van der Waals surface area (Å²) in [6.45, 7) is -0.667. The van der Waals surface area contributed by atoms with Crippen molar-refractivity contribution < 1.29 is 47.1 Å². The molecular formula is C32H44F2N10O8. The first-order chi connectivity index (χ1) is 24.6. The number of terminal acetylenes is 1. The number of aliphatic imine (C=N–C) groups is 1. The molecule has 20 heteroatoms. The molecule has 1 aromatic heterocycles. The largest absolute Gasteiger partial charge is 0.480 e. The van der Waals surface area contributed by atoms with Crippen LogP contribution in [-0.2, 0) is 30.5 Å². The van der Waals surface area contributed by atoms with Crippen LogP contribution in [0.5, 0.6) is 0 Å². The minimum atomic E-state index is -3.18. The Morgan fingerprint density at radius 2 is 1.73 bits per heavy atom. The second-order valence-electron chi connectivity index (χ2n) is 11.9. The van der Waals surface area contributed by atoms with Gasteiger partial charge in [-0.3, -0.25) is 29.0 Å². The van der Waals surface area contributed by atoms with Gasteiger partial charge in [-0.2, -0.15) is 5.26 Å². The molecule has 5 amide bonds. The zero-order chi connectivity index (χ0) is 38.8. The van der Waals surface area contributed by atoms with Crippen molar-refractivity contribution in [2.24, 2.45) is 22.2 Å². The first kappa shape index (κ1) is 42.4. The predicted molar refractivity (Wildman–Crippen MR) is 179 cm³/mol. The number of furan rings is 1. The molecule has 0 unspecified atom stereocenters. The molecule has 0 spiro atoms. The summed E-state index contributed by atoms with van der Waals surface area (Å²) in [5.41, 5.74) is 16.1. The Morgan fingerprint density at radius 1 is 1.06 bits per heavy atom. The standard InChI is InChI=1S/C32H44F2N10O8/c1-2-6-22(28(48)43-24(30(50)51)7-3-4-11-35)42-29(49)23(8-5-12-39-31(37)38)41-27(47)19-13-21(52-17-19)16-40-25(45)9-10-26(46)44-18-32(33,34)14-20(44)15-36/h1,13,17,20,22-24H,3-12,14,16,18,35H2,(H,40,45)(H,41,47)(H,42,49)(H,43,48)(H,50,51)(H4,37,38,39)/t20-,22-,23-,24-/m0/s1. The Labute approximate surface area is 298 Å². The SMILES string of the molecule is C#CC[C@H](NC(=O)[C@H](CCCN=C(N)N)NC(=O)c1coc(CNC(=O)CCC(=O)N2CC(F)(F)C[C@H]2C#N)c1)C(=O)N[C@@H](CCCCN)C(=O)O. The van der Waals surface area contributed by atoms with Crippen LogP contribution in [0, 0.1) is 23.7 Å². The molecule has 0 bridgehead atoms. The molecule has 4 atom stereocenters. The van der Waals surface area contributed by atoms with Gasteiger partial charge in [-0.1, -0.05) is 0 Å². The number of nitriles is 1. The van der Waals surface area contributed by atoms with Crippen molar-refractivity contribution in [2.45, 2.75) is 94.4 Å². The average molecular weight is 735 g/mol. The van der Waals surface area contributed by atoms with Crippen molar-refractivity contribution in [1.29, 1.82) is 5.26 Å². The summed E-state index contributed by atoms with van der Waals surface area (Å²) in [7, 11) is 0. The maximum Gasteiger partial charge on any atom is 0.326 e. The van der Waals surface area contributed by atoms with Gasteiger partial charge in [-0.15, -0.1) is 12.3 Å². The normalized spacial score (nSPS) is 16.2. The highest BCUT2D eigenvalue weighted by Crippen LogP contribution is 2.32. The van der Waals surface area contributed by atoms with Crippen molar-refractivity contribution in [3.63, 3.8) is 0 Å². The number of aliphatic carboxylic acids is 1. The van der Waals surface area contributed by atoms with Gasteiger partial charge < -0.3 is 52.9 Å². The lowest BCUT2D eigenvalue weighted by Crippen LogP contribution is -2.55. The molecule has 0 aliphatic carbocycles. The molecule has 1 saturated heterocycles. The van der Waals surface area contributed by atoms with E-state index < -0.39 is 85.0 Å². The molecule has 2 heterocycles. The van der Waals surface area contributed by atoms with Gasteiger partial charge in [0.05, 0.1) is 24.7 Å². The van der Waals surface area contributed by atoms with Crippen LogP contribution in [0.2, 0.25) is 0 Å². The van der Waals surface area contributed by atoms with Crippen molar-refractivity contribution >= 4 is 41.5 Å². The van der Waals surface area contributed by atoms with Crippen LogP contribution in [0.4, 0.5) is 8.78 Å². The Bertz CT molecular complexity index is 1550. The predicted octanol–water partition coefficient (Wildman–Crippen LogP) is -1.21. The number of hydrogen-bond donors (Lipinski definition) is 8. The summed E-state index contributed by atoms with van der Waals surface area (Å²) in [5, 5.41) is 28.4. The van der Waals surface area contributed by atoms with Gasteiger partial charge in [0.15, 0.2) is 5.96 Å². The van der Waals surface area contributed by atoms with Gasteiger partial charge in [-0.25, -0.2) is 13.6 Å². The molecule has 0 radical (unpaired) electrons. The third-order valence-electron chi connectivity index (χ3n) is 7.76. The van der Waals surface area contributed by atoms with Crippen LogP contribution >= 0.6 is 0 Å². The van der Waals surface area contributed by atoms with Crippen molar-refractivity contribution in [3.05, 3.63) is 23.7 Å². The zero-order valence-corrected chi connectivity index (χ0v) is 28.4. The Hall–Kier alpha value is -5.76. The Morgan fingerprint density at radius 3 is 2.37 bits per heavy atom. The van der Waals surface area contributed by atoms with E-state index in [1.807, 2.05) is 0 Å². The van der Waals surface area contributed by atoms with Crippen LogP contribution in [-0.4, -0.2) is 101 Å². The number of rotatable bonds is 21. The number of nitrogens with two attached hydrogens (primary N) is 3. The van der Waals surface area contributed by atoms with E-state index in [9.17, 15) is 42.7 Å². The highest BCUT2D eigenvalue weighted by Gasteiger charge is 2.47. The zero-order valence-electron chi connectivity index (χ0n) is 28.4. The van der Waals surface area contributed by atoms with E-state index in [0.717, 1.165) is 11.2 Å².